The van der Waals surface area contributed by atoms with E-state index in [4.69, 9.17) is 4.74 Å². The monoisotopic (exact) mass is 358 g/mol. The van der Waals surface area contributed by atoms with Crippen molar-refractivity contribution in [3.05, 3.63) is 29.8 Å². The van der Waals surface area contributed by atoms with Gasteiger partial charge in [-0.3, -0.25) is 14.4 Å². The molecule has 0 bridgehead atoms. The summed E-state index contributed by atoms with van der Waals surface area (Å²) in [6, 6.07) is 7.08. The number of para-hydroxylation sites is 1. The molecule has 0 radical (unpaired) electrons. The first-order chi connectivity index (χ1) is 12.6. The highest BCUT2D eigenvalue weighted by Gasteiger charge is 2.25. The van der Waals surface area contributed by atoms with Crippen LogP contribution in [-0.4, -0.2) is 30.4 Å². The molecule has 6 nitrogen and oxygen atoms in total. The molecular formula is C20H26N2O4. The lowest BCUT2D eigenvalue weighted by molar-refractivity contribution is -0.147. The van der Waals surface area contributed by atoms with Gasteiger partial charge in [0.25, 0.3) is 11.8 Å². The first kappa shape index (κ1) is 18.4. The molecule has 0 atom stereocenters. The van der Waals surface area contributed by atoms with Gasteiger partial charge >= 0.3 is 5.97 Å². The number of hydrogen-bond donors (Lipinski definition) is 2. The molecule has 0 aliphatic heterocycles. The Kier molecular flexibility index (Phi) is 6.26. The number of rotatable bonds is 8. The molecule has 2 aliphatic rings. The van der Waals surface area contributed by atoms with Crippen LogP contribution in [0.1, 0.15) is 61.7 Å². The number of amides is 2. The zero-order valence-corrected chi connectivity index (χ0v) is 15.0. The molecule has 0 spiro atoms. The van der Waals surface area contributed by atoms with Crippen LogP contribution < -0.4 is 10.6 Å². The van der Waals surface area contributed by atoms with Gasteiger partial charge in [0.05, 0.1) is 11.3 Å². The molecular weight excluding hydrogens is 332 g/mol. The van der Waals surface area contributed by atoms with Crippen LogP contribution in [0.15, 0.2) is 24.3 Å². The Labute approximate surface area is 153 Å². The van der Waals surface area contributed by atoms with Gasteiger partial charge in [0.2, 0.25) is 0 Å². The highest BCUT2D eigenvalue weighted by molar-refractivity contribution is 6.04. The normalized spacial score (nSPS) is 16.9. The number of carbonyl (C=O) groups is 3. The number of nitrogens with one attached hydrogen (secondary N) is 2. The lowest BCUT2D eigenvalue weighted by atomic mass is 10.0. The highest BCUT2D eigenvalue weighted by atomic mass is 16.5. The van der Waals surface area contributed by atoms with Crippen LogP contribution in [0.5, 0.6) is 0 Å². The average molecular weight is 358 g/mol. The fourth-order valence-corrected chi connectivity index (χ4v) is 3.31. The predicted molar refractivity (Wildman–Crippen MR) is 97.7 cm³/mol. The molecule has 140 valence electrons. The third-order valence-corrected chi connectivity index (χ3v) is 4.95. The van der Waals surface area contributed by atoms with Gasteiger partial charge in [-0.2, -0.15) is 0 Å². The molecule has 2 saturated carbocycles. The molecule has 3 rings (SSSR count). The van der Waals surface area contributed by atoms with Crippen LogP contribution in [0.3, 0.4) is 0 Å². The molecule has 0 saturated heterocycles. The van der Waals surface area contributed by atoms with Crippen LogP contribution in [0.25, 0.3) is 0 Å². The van der Waals surface area contributed by atoms with Crippen LogP contribution >= 0.6 is 0 Å². The van der Waals surface area contributed by atoms with Crippen LogP contribution in [0.4, 0.5) is 5.69 Å². The SMILES string of the molecule is O=C(COC(=O)CCC1CCCC1)Nc1ccccc1C(=O)NC1CC1. The predicted octanol–water partition coefficient (Wildman–Crippen LogP) is 3.03. The van der Waals surface area contributed by atoms with E-state index in [1.54, 1.807) is 24.3 Å². The molecule has 0 unspecified atom stereocenters. The molecule has 2 fully saturated rings. The summed E-state index contributed by atoms with van der Waals surface area (Å²) in [4.78, 5) is 36.1. The molecule has 2 aliphatic carbocycles. The maximum atomic E-state index is 12.2. The summed E-state index contributed by atoms with van der Waals surface area (Å²) in [5.41, 5.74) is 0.845. The van der Waals surface area contributed by atoms with Gasteiger partial charge in [0, 0.05) is 12.5 Å². The van der Waals surface area contributed by atoms with Crippen molar-refractivity contribution in [2.75, 3.05) is 11.9 Å². The van der Waals surface area contributed by atoms with E-state index >= 15 is 0 Å². The maximum absolute atomic E-state index is 12.2. The Bertz CT molecular complexity index is 664. The van der Waals surface area contributed by atoms with E-state index in [0.717, 1.165) is 19.3 Å². The van der Waals surface area contributed by atoms with E-state index in [1.165, 1.54) is 25.7 Å². The summed E-state index contributed by atoms with van der Waals surface area (Å²) >= 11 is 0. The van der Waals surface area contributed by atoms with Crippen molar-refractivity contribution in [1.29, 1.82) is 0 Å². The van der Waals surface area contributed by atoms with Gasteiger partial charge in [0.1, 0.15) is 0 Å². The van der Waals surface area contributed by atoms with E-state index in [2.05, 4.69) is 10.6 Å². The van der Waals surface area contributed by atoms with Crippen molar-refractivity contribution < 1.29 is 19.1 Å². The molecule has 6 heteroatoms. The van der Waals surface area contributed by atoms with Crippen molar-refractivity contribution in [3.8, 4) is 0 Å². The second-order valence-corrected chi connectivity index (χ2v) is 7.19. The molecule has 0 aromatic heterocycles. The van der Waals surface area contributed by atoms with Gasteiger partial charge in [0.15, 0.2) is 6.61 Å². The minimum atomic E-state index is -0.439. The van der Waals surface area contributed by atoms with Crippen molar-refractivity contribution in [2.24, 2.45) is 5.92 Å². The number of esters is 1. The Morgan fingerprint density at radius 3 is 2.50 bits per heavy atom. The Hall–Kier alpha value is -2.37. The van der Waals surface area contributed by atoms with Crippen LogP contribution in [0.2, 0.25) is 0 Å². The average Bonchev–Trinajstić information content (AvgIpc) is 3.29. The first-order valence-electron chi connectivity index (χ1n) is 9.47. The summed E-state index contributed by atoms with van der Waals surface area (Å²) in [7, 11) is 0. The number of hydrogen-bond acceptors (Lipinski definition) is 4. The Morgan fingerprint density at radius 1 is 1.04 bits per heavy atom. The number of ether oxygens (including phenoxy) is 1. The molecule has 0 heterocycles. The van der Waals surface area contributed by atoms with E-state index in [9.17, 15) is 14.4 Å². The maximum Gasteiger partial charge on any atom is 0.306 e. The van der Waals surface area contributed by atoms with E-state index in [1.807, 2.05) is 0 Å². The van der Waals surface area contributed by atoms with Crippen molar-refractivity contribution in [1.82, 2.24) is 5.32 Å². The number of anilines is 1. The first-order valence-corrected chi connectivity index (χ1v) is 9.47. The molecule has 2 N–H and O–H groups in total. The smallest absolute Gasteiger partial charge is 0.306 e. The fourth-order valence-electron chi connectivity index (χ4n) is 3.31. The fraction of sp³-hybridized carbons (Fsp3) is 0.550. The second kappa shape index (κ2) is 8.83. The summed E-state index contributed by atoms with van der Waals surface area (Å²) in [5.74, 6) is -0.358. The van der Waals surface area contributed by atoms with Crippen molar-refractivity contribution in [3.63, 3.8) is 0 Å². The summed E-state index contributed by atoms with van der Waals surface area (Å²) in [6.45, 7) is -0.331. The van der Waals surface area contributed by atoms with Crippen LogP contribution in [0, 0.1) is 5.92 Å². The Morgan fingerprint density at radius 2 is 1.77 bits per heavy atom. The lowest BCUT2D eigenvalue weighted by Gasteiger charge is -2.12. The standard InChI is InChI=1S/C20H26N2O4/c23-18(13-26-19(24)12-9-14-5-1-2-6-14)22-17-8-4-3-7-16(17)20(25)21-15-10-11-15/h3-4,7-8,14-15H,1-2,5-6,9-13H2,(H,21,25)(H,22,23). The largest absolute Gasteiger partial charge is 0.456 e. The van der Waals surface area contributed by atoms with E-state index < -0.39 is 5.91 Å². The summed E-state index contributed by atoms with van der Waals surface area (Å²) < 4.78 is 5.06. The van der Waals surface area contributed by atoms with Gasteiger partial charge in [-0.05, 0) is 37.3 Å². The van der Waals surface area contributed by atoms with Gasteiger partial charge in [-0.25, -0.2) is 0 Å². The third kappa shape index (κ3) is 5.58. The topological polar surface area (TPSA) is 84.5 Å². The highest BCUT2D eigenvalue weighted by Crippen LogP contribution is 2.28. The molecule has 2 amide bonds. The molecule has 1 aromatic rings. The van der Waals surface area contributed by atoms with Gasteiger partial charge in [-0.1, -0.05) is 37.8 Å². The zero-order valence-electron chi connectivity index (χ0n) is 15.0. The minimum Gasteiger partial charge on any atom is -0.456 e. The number of carbonyl (C=O) groups excluding carboxylic acids is 3. The summed E-state index contributed by atoms with van der Waals surface area (Å²) in [6.07, 6.45) is 8.06. The van der Waals surface area contributed by atoms with Crippen LogP contribution in [-0.2, 0) is 14.3 Å². The molecule has 26 heavy (non-hydrogen) atoms. The van der Waals surface area contributed by atoms with E-state index in [-0.39, 0.29) is 24.5 Å². The van der Waals surface area contributed by atoms with Crippen molar-refractivity contribution >= 4 is 23.5 Å². The second-order valence-electron chi connectivity index (χ2n) is 7.19. The quantitative estimate of drug-likeness (QED) is 0.700. The van der Waals surface area contributed by atoms with Gasteiger partial charge in [-0.15, -0.1) is 0 Å². The Balaban J connectivity index is 1.44. The van der Waals surface area contributed by atoms with Crippen molar-refractivity contribution in [2.45, 2.75) is 57.4 Å². The van der Waals surface area contributed by atoms with Gasteiger partial charge < -0.3 is 15.4 Å². The third-order valence-electron chi connectivity index (χ3n) is 4.95. The summed E-state index contributed by atoms with van der Waals surface area (Å²) in [5, 5.41) is 5.56. The number of benzene rings is 1. The molecule has 1 aromatic carbocycles. The zero-order chi connectivity index (χ0) is 18.4. The minimum absolute atomic E-state index is 0.197. The van der Waals surface area contributed by atoms with E-state index in [0.29, 0.717) is 23.6 Å². The lowest BCUT2D eigenvalue weighted by Crippen LogP contribution is -2.28.